The Kier molecular flexibility index (Phi) is 6.62. The topological polar surface area (TPSA) is 96.6 Å². The molecule has 4 rings (SSSR count). The summed E-state index contributed by atoms with van der Waals surface area (Å²) in [5.41, 5.74) is 2.97. The van der Waals surface area contributed by atoms with Crippen molar-refractivity contribution in [3.05, 3.63) is 65.5 Å². The summed E-state index contributed by atoms with van der Waals surface area (Å²) < 4.78 is 32.6. The van der Waals surface area contributed by atoms with Gasteiger partial charge < -0.3 is 9.42 Å². The van der Waals surface area contributed by atoms with Crippen molar-refractivity contribution in [3.63, 3.8) is 0 Å². The van der Waals surface area contributed by atoms with Gasteiger partial charge in [0.15, 0.2) is 0 Å². The molecule has 0 spiro atoms. The Morgan fingerprint density at radius 2 is 1.79 bits per heavy atom. The van der Waals surface area contributed by atoms with Gasteiger partial charge in [0.05, 0.1) is 11.4 Å². The van der Waals surface area contributed by atoms with Crippen LogP contribution in [0.5, 0.6) is 0 Å². The van der Waals surface area contributed by atoms with E-state index in [1.807, 2.05) is 38.1 Å². The zero-order valence-corrected chi connectivity index (χ0v) is 19.9. The predicted octanol–water partition coefficient (Wildman–Crippen LogP) is 3.41. The normalized spacial score (nSPS) is 15.5. The van der Waals surface area contributed by atoms with Gasteiger partial charge in [0.25, 0.3) is 0 Å². The van der Waals surface area contributed by atoms with Gasteiger partial charge in [-0.15, -0.1) is 0 Å². The summed E-state index contributed by atoms with van der Waals surface area (Å²) in [7, 11) is -1.85. The first-order valence-electron chi connectivity index (χ1n) is 11.0. The van der Waals surface area contributed by atoms with Crippen molar-refractivity contribution in [1.82, 2.24) is 19.3 Å². The number of piperidine rings is 1. The number of rotatable bonds is 6. The Morgan fingerprint density at radius 1 is 1.09 bits per heavy atom. The number of aryl methyl sites for hydroxylation is 2. The molecule has 1 fully saturated rings. The molecule has 0 saturated carbocycles. The van der Waals surface area contributed by atoms with E-state index in [2.05, 4.69) is 10.1 Å². The van der Waals surface area contributed by atoms with Crippen molar-refractivity contribution in [2.75, 3.05) is 20.1 Å². The maximum atomic E-state index is 13.0. The maximum absolute atomic E-state index is 13.0. The smallest absolute Gasteiger partial charge is 0.246 e. The van der Waals surface area contributed by atoms with Gasteiger partial charge in [0, 0.05) is 31.6 Å². The van der Waals surface area contributed by atoms with Crippen LogP contribution < -0.4 is 0 Å². The van der Waals surface area contributed by atoms with E-state index in [-0.39, 0.29) is 23.3 Å². The minimum atomic E-state index is -3.55. The van der Waals surface area contributed by atoms with E-state index in [0.717, 1.165) is 16.7 Å². The molecule has 33 heavy (non-hydrogen) atoms. The lowest BCUT2D eigenvalue weighted by Crippen LogP contribution is -2.43. The van der Waals surface area contributed by atoms with Gasteiger partial charge in [-0.25, -0.2) is 8.42 Å². The third-order valence-corrected chi connectivity index (χ3v) is 7.87. The summed E-state index contributed by atoms with van der Waals surface area (Å²) in [4.78, 5) is 19.2. The minimum Gasteiger partial charge on any atom is -0.337 e. The van der Waals surface area contributed by atoms with Crippen LogP contribution in [0.25, 0.3) is 11.4 Å². The second kappa shape index (κ2) is 9.44. The van der Waals surface area contributed by atoms with Crippen LogP contribution in [0.2, 0.25) is 0 Å². The fourth-order valence-electron chi connectivity index (χ4n) is 4.02. The van der Waals surface area contributed by atoms with E-state index in [1.165, 1.54) is 4.31 Å². The Balaban J connectivity index is 1.34. The zero-order chi connectivity index (χ0) is 23.6. The van der Waals surface area contributed by atoms with Gasteiger partial charge in [0.2, 0.25) is 27.6 Å². The molecule has 1 aliphatic heterocycles. The quantitative estimate of drug-likeness (QED) is 0.550. The summed E-state index contributed by atoms with van der Waals surface area (Å²) in [5, 5.41) is 4.03. The number of aromatic nitrogens is 2. The Bertz CT molecular complexity index is 1230. The lowest BCUT2D eigenvalue weighted by Gasteiger charge is -2.32. The first kappa shape index (κ1) is 23.1. The van der Waals surface area contributed by atoms with Crippen molar-refractivity contribution < 1.29 is 17.7 Å². The number of hydrogen-bond donors (Lipinski definition) is 0. The molecule has 1 amide bonds. The van der Waals surface area contributed by atoms with Crippen LogP contribution in [0.15, 0.2) is 57.9 Å². The molecule has 2 heterocycles. The molecule has 3 aromatic rings. The average molecular weight is 469 g/mol. The van der Waals surface area contributed by atoms with Crippen molar-refractivity contribution in [2.24, 2.45) is 5.92 Å². The fraction of sp³-hybridized carbons (Fsp3) is 0.375. The molecule has 174 valence electrons. The van der Waals surface area contributed by atoms with Crippen LogP contribution >= 0.6 is 0 Å². The number of carbonyl (C=O) groups is 1. The second-order valence-corrected chi connectivity index (χ2v) is 10.5. The van der Waals surface area contributed by atoms with Gasteiger partial charge in [-0.2, -0.15) is 9.29 Å². The zero-order valence-electron chi connectivity index (χ0n) is 19.1. The Hall–Kier alpha value is -3.04. The molecule has 9 heteroatoms. The third-order valence-electron chi connectivity index (χ3n) is 5.95. The highest BCUT2D eigenvalue weighted by Gasteiger charge is 2.33. The van der Waals surface area contributed by atoms with Crippen molar-refractivity contribution in [2.45, 2.75) is 38.1 Å². The minimum absolute atomic E-state index is 0.0438. The third kappa shape index (κ3) is 5.15. The molecule has 0 radical (unpaired) electrons. The van der Waals surface area contributed by atoms with E-state index in [1.54, 1.807) is 36.2 Å². The molecule has 0 N–H and O–H groups in total. The van der Waals surface area contributed by atoms with Crippen LogP contribution in [0.4, 0.5) is 0 Å². The van der Waals surface area contributed by atoms with Crippen LogP contribution in [-0.2, 0) is 21.4 Å². The number of carbonyl (C=O) groups excluding carboxylic acids is 1. The molecule has 1 aromatic heterocycles. The summed E-state index contributed by atoms with van der Waals surface area (Å²) in [6.45, 7) is 4.76. The van der Waals surface area contributed by atoms with Crippen molar-refractivity contribution >= 4 is 15.9 Å². The Labute approximate surface area is 194 Å². The largest absolute Gasteiger partial charge is 0.337 e. The fourth-order valence-corrected chi connectivity index (χ4v) is 5.49. The van der Waals surface area contributed by atoms with Crippen LogP contribution in [0, 0.1) is 19.8 Å². The predicted molar refractivity (Wildman–Crippen MR) is 124 cm³/mol. The van der Waals surface area contributed by atoms with Crippen molar-refractivity contribution in [3.8, 4) is 11.4 Å². The van der Waals surface area contributed by atoms with E-state index in [9.17, 15) is 13.2 Å². The number of hydrogen-bond acceptors (Lipinski definition) is 6. The van der Waals surface area contributed by atoms with E-state index in [4.69, 9.17) is 4.52 Å². The molecule has 0 atom stereocenters. The van der Waals surface area contributed by atoms with Crippen molar-refractivity contribution in [1.29, 1.82) is 0 Å². The number of nitrogens with zero attached hydrogens (tertiary/aromatic N) is 4. The molecular weight excluding hydrogens is 440 g/mol. The van der Waals surface area contributed by atoms with Gasteiger partial charge in [-0.05, 0) is 44.9 Å². The van der Waals surface area contributed by atoms with Gasteiger partial charge >= 0.3 is 0 Å². The number of benzene rings is 2. The average Bonchev–Trinajstić information content (AvgIpc) is 3.27. The Morgan fingerprint density at radius 3 is 2.45 bits per heavy atom. The molecule has 2 aromatic carbocycles. The summed E-state index contributed by atoms with van der Waals surface area (Å²) in [6, 6.07) is 14.7. The van der Waals surface area contributed by atoms with Crippen LogP contribution in [-0.4, -0.2) is 53.8 Å². The number of sulfonamides is 1. The molecule has 0 bridgehead atoms. The van der Waals surface area contributed by atoms with E-state index in [0.29, 0.717) is 37.6 Å². The summed E-state index contributed by atoms with van der Waals surface area (Å²) in [6.07, 6.45) is 0.958. The molecule has 1 saturated heterocycles. The SMILES string of the molecule is Cc1ccc(S(=O)(=O)N2CCC(C(=O)N(C)Cc3nc(-c4cccc(C)c4)no3)CC2)cc1. The standard InChI is InChI=1S/C24H28N4O4S/c1-17-7-9-21(10-8-17)33(30,31)28-13-11-19(12-14-28)24(29)27(3)16-22-25-23(26-32-22)20-6-4-5-18(2)15-20/h4-10,15,19H,11-14,16H2,1-3H3. The number of amides is 1. The monoisotopic (exact) mass is 468 g/mol. The van der Waals surface area contributed by atoms with Gasteiger partial charge in [0.1, 0.15) is 0 Å². The van der Waals surface area contributed by atoms with Gasteiger partial charge in [-0.1, -0.05) is 46.6 Å². The van der Waals surface area contributed by atoms with E-state index >= 15 is 0 Å². The van der Waals surface area contributed by atoms with Crippen LogP contribution in [0.1, 0.15) is 29.9 Å². The first-order chi connectivity index (χ1) is 15.7. The highest BCUT2D eigenvalue weighted by Crippen LogP contribution is 2.26. The maximum Gasteiger partial charge on any atom is 0.246 e. The van der Waals surface area contributed by atoms with E-state index < -0.39 is 10.0 Å². The molecule has 0 aliphatic carbocycles. The summed E-state index contributed by atoms with van der Waals surface area (Å²) in [5.74, 6) is 0.572. The second-order valence-electron chi connectivity index (χ2n) is 8.57. The first-order valence-corrected chi connectivity index (χ1v) is 12.4. The molecule has 0 unspecified atom stereocenters. The van der Waals surface area contributed by atoms with Crippen LogP contribution in [0.3, 0.4) is 0 Å². The van der Waals surface area contributed by atoms with Gasteiger partial charge in [-0.3, -0.25) is 4.79 Å². The molecule has 1 aliphatic rings. The summed E-state index contributed by atoms with van der Waals surface area (Å²) >= 11 is 0. The molecular formula is C24H28N4O4S. The lowest BCUT2D eigenvalue weighted by molar-refractivity contribution is -0.136. The highest BCUT2D eigenvalue weighted by atomic mass is 32.2. The lowest BCUT2D eigenvalue weighted by atomic mass is 9.97. The highest BCUT2D eigenvalue weighted by molar-refractivity contribution is 7.89. The molecule has 8 nitrogen and oxygen atoms in total.